The zero-order valence-electron chi connectivity index (χ0n) is 14.7. The van der Waals surface area contributed by atoms with Gasteiger partial charge >= 0.3 is 0 Å². The van der Waals surface area contributed by atoms with Gasteiger partial charge in [0.15, 0.2) is 0 Å². The molecule has 5 nitrogen and oxygen atoms in total. The summed E-state index contributed by atoms with van der Waals surface area (Å²) in [6.45, 7) is 4.98. The molecule has 25 heavy (non-hydrogen) atoms. The van der Waals surface area contributed by atoms with Crippen molar-refractivity contribution in [1.82, 2.24) is 9.78 Å². The Morgan fingerprint density at radius 1 is 1.28 bits per heavy atom. The summed E-state index contributed by atoms with van der Waals surface area (Å²) in [5.74, 6) is 0.477. The Morgan fingerprint density at radius 2 is 2.08 bits per heavy atom. The molecule has 136 valence electrons. The van der Waals surface area contributed by atoms with Gasteiger partial charge in [-0.2, -0.15) is 5.10 Å². The summed E-state index contributed by atoms with van der Waals surface area (Å²) >= 11 is 3.76. The average molecular weight is 408 g/mol. The van der Waals surface area contributed by atoms with Crippen LogP contribution in [0, 0.1) is 5.92 Å². The fourth-order valence-electron chi connectivity index (χ4n) is 4.14. The van der Waals surface area contributed by atoms with E-state index in [1.54, 1.807) is 0 Å². The van der Waals surface area contributed by atoms with E-state index >= 15 is 0 Å². The first-order chi connectivity index (χ1) is 12.2. The van der Waals surface area contributed by atoms with Crippen LogP contribution in [0.3, 0.4) is 0 Å². The van der Waals surface area contributed by atoms with Gasteiger partial charge in [0.2, 0.25) is 0 Å². The second kappa shape index (κ2) is 7.25. The van der Waals surface area contributed by atoms with Crippen molar-refractivity contribution in [2.24, 2.45) is 5.92 Å². The number of ether oxygens (including phenoxy) is 1. The van der Waals surface area contributed by atoms with Crippen LogP contribution in [-0.4, -0.2) is 47.3 Å². The van der Waals surface area contributed by atoms with Crippen molar-refractivity contribution in [3.63, 3.8) is 0 Å². The molecule has 6 heteroatoms. The molecule has 0 spiro atoms. The van der Waals surface area contributed by atoms with E-state index in [4.69, 9.17) is 9.84 Å². The van der Waals surface area contributed by atoms with Gasteiger partial charge in [-0.05, 0) is 66.6 Å². The van der Waals surface area contributed by atoms with Crippen molar-refractivity contribution in [3.05, 3.63) is 22.8 Å². The lowest BCUT2D eigenvalue weighted by molar-refractivity contribution is 0.0989. The average Bonchev–Trinajstić information content (AvgIpc) is 3.04. The van der Waals surface area contributed by atoms with Crippen molar-refractivity contribution in [2.75, 3.05) is 31.3 Å². The molecule has 4 rings (SSSR count). The summed E-state index contributed by atoms with van der Waals surface area (Å²) in [4.78, 5) is 2.40. The molecule has 1 saturated heterocycles. The van der Waals surface area contributed by atoms with Crippen molar-refractivity contribution in [3.8, 4) is 0 Å². The largest absolute Gasteiger partial charge is 0.396 e. The maximum Gasteiger partial charge on any atom is 0.0944 e. The maximum atomic E-state index is 9.33. The molecule has 0 bridgehead atoms. The number of rotatable bonds is 3. The lowest BCUT2D eigenvalue weighted by atomic mass is 9.87. The van der Waals surface area contributed by atoms with Crippen LogP contribution in [0.4, 0.5) is 5.69 Å². The summed E-state index contributed by atoms with van der Waals surface area (Å²) in [7, 11) is 0. The number of halogens is 1. The highest BCUT2D eigenvalue weighted by atomic mass is 79.9. The van der Waals surface area contributed by atoms with Gasteiger partial charge in [-0.3, -0.25) is 4.68 Å². The van der Waals surface area contributed by atoms with Gasteiger partial charge in [-0.25, -0.2) is 0 Å². The molecule has 1 N–H and O–H groups in total. The molecule has 0 radical (unpaired) electrons. The number of morpholine rings is 1. The number of aromatic nitrogens is 2. The molecule has 1 saturated carbocycles. The third-order valence-corrected chi connectivity index (χ3v) is 6.35. The number of fused-ring (bicyclic) bond motifs is 1. The van der Waals surface area contributed by atoms with Crippen LogP contribution in [0.15, 0.2) is 22.8 Å². The van der Waals surface area contributed by atoms with E-state index in [1.807, 2.05) is 0 Å². The van der Waals surface area contributed by atoms with Gasteiger partial charge in [0, 0.05) is 35.2 Å². The fourth-order valence-corrected chi connectivity index (χ4v) is 4.72. The number of nitrogens with zero attached hydrogens (tertiary/aromatic N) is 3. The van der Waals surface area contributed by atoms with E-state index in [0.29, 0.717) is 24.6 Å². The minimum atomic E-state index is 0.321. The molecular weight excluding hydrogens is 382 g/mol. The van der Waals surface area contributed by atoms with Gasteiger partial charge in [-0.1, -0.05) is 0 Å². The molecule has 2 fully saturated rings. The number of hydrogen-bond acceptors (Lipinski definition) is 4. The quantitative estimate of drug-likeness (QED) is 0.841. The number of hydrogen-bond donors (Lipinski definition) is 1. The van der Waals surface area contributed by atoms with Crippen LogP contribution < -0.4 is 4.90 Å². The highest BCUT2D eigenvalue weighted by Gasteiger charge is 2.24. The lowest BCUT2D eigenvalue weighted by Gasteiger charge is -2.35. The normalized spacial score (nSPS) is 27.8. The summed E-state index contributed by atoms with van der Waals surface area (Å²) in [5.41, 5.74) is 2.26. The second-order valence-corrected chi connectivity index (χ2v) is 8.30. The summed E-state index contributed by atoms with van der Waals surface area (Å²) in [6.07, 6.45) is 6.58. The molecule has 1 atom stereocenters. The second-order valence-electron chi connectivity index (χ2n) is 7.45. The van der Waals surface area contributed by atoms with Crippen LogP contribution in [0.5, 0.6) is 0 Å². The van der Waals surface area contributed by atoms with Crippen molar-refractivity contribution in [1.29, 1.82) is 0 Å². The Bertz CT molecular complexity index is 740. The molecular formula is C19H26BrN3O2. The van der Waals surface area contributed by atoms with E-state index in [1.165, 1.54) is 11.1 Å². The predicted octanol–water partition coefficient (Wildman–Crippen LogP) is 3.75. The first-order valence-corrected chi connectivity index (χ1v) is 10.1. The van der Waals surface area contributed by atoms with Gasteiger partial charge in [-0.15, -0.1) is 0 Å². The molecule has 2 aliphatic rings. The number of aliphatic hydroxyl groups is 1. The Morgan fingerprint density at radius 3 is 2.80 bits per heavy atom. The molecule has 1 aliphatic heterocycles. The summed E-state index contributed by atoms with van der Waals surface area (Å²) in [5, 5.41) is 15.4. The lowest BCUT2D eigenvalue weighted by Crippen LogP contribution is -2.43. The Labute approximate surface area is 157 Å². The Balaban J connectivity index is 1.60. The molecule has 2 heterocycles. The smallest absolute Gasteiger partial charge is 0.0944 e. The van der Waals surface area contributed by atoms with E-state index in [9.17, 15) is 5.11 Å². The van der Waals surface area contributed by atoms with Gasteiger partial charge in [0.05, 0.1) is 30.5 Å². The molecule has 1 aromatic carbocycles. The van der Waals surface area contributed by atoms with Crippen molar-refractivity contribution >= 4 is 32.5 Å². The summed E-state index contributed by atoms with van der Waals surface area (Å²) in [6, 6.07) is 5.23. The molecule has 0 amide bonds. The van der Waals surface area contributed by atoms with Crippen LogP contribution in [0.1, 0.15) is 38.6 Å². The Kier molecular flexibility index (Phi) is 5.02. The standard InChI is InChI=1S/C19H26BrN3O2/c1-13-12-25-7-6-22(13)19-9-18-15(8-17(19)20)10-23(21-18)16-4-2-14(11-24)3-5-16/h8-10,13-14,16,24H,2-7,11-12H2,1H3/t13-,14?,16?/m1/s1. The van der Waals surface area contributed by atoms with Crippen molar-refractivity contribution in [2.45, 2.75) is 44.7 Å². The zero-order chi connectivity index (χ0) is 17.4. The first kappa shape index (κ1) is 17.3. The zero-order valence-corrected chi connectivity index (χ0v) is 16.3. The third-order valence-electron chi connectivity index (χ3n) is 5.72. The topological polar surface area (TPSA) is 50.5 Å². The predicted molar refractivity (Wildman–Crippen MR) is 103 cm³/mol. The third kappa shape index (κ3) is 3.44. The fraction of sp³-hybridized carbons (Fsp3) is 0.632. The number of aliphatic hydroxyl groups excluding tert-OH is 1. The van der Waals surface area contributed by atoms with E-state index < -0.39 is 0 Å². The van der Waals surface area contributed by atoms with Crippen molar-refractivity contribution < 1.29 is 9.84 Å². The summed E-state index contributed by atoms with van der Waals surface area (Å²) < 4.78 is 8.84. The van der Waals surface area contributed by atoms with E-state index in [0.717, 1.165) is 55.4 Å². The number of benzene rings is 1. The van der Waals surface area contributed by atoms with E-state index in [-0.39, 0.29) is 0 Å². The SMILES string of the molecule is C[C@@H]1COCCN1c1cc2nn(C3CCC(CO)CC3)cc2cc1Br. The molecule has 1 aromatic heterocycles. The van der Waals surface area contributed by atoms with Gasteiger partial charge in [0.1, 0.15) is 0 Å². The minimum absolute atomic E-state index is 0.321. The highest BCUT2D eigenvalue weighted by Crippen LogP contribution is 2.36. The van der Waals surface area contributed by atoms with Crippen LogP contribution >= 0.6 is 15.9 Å². The molecule has 2 aromatic rings. The first-order valence-electron chi connectivity index (χ1n) is 9.29. The molecule has 0 unspecified atom stereocenters. The minimum Gasteiger partial charge on any atom is -0.396 e. The van der Waals surface area contributed by atoms with Crippen LogP contribution in [0.2, 0.25) is 0 Å². The maximum absolute atomic E-state index is 9.33. The molecule has 1 aliphatic carbocycles. The highest BCUT2D eigenvalue weighted by molar-refractivity contribution is 9.10. The van der Waals surface area contributed by atoms with Crippen LogP contribution in [0.25, 0.3) is 10.9 Å². The van der Waals surface area contributed by atoms with Gasteiger partial charge < -0.3 is 14.7 Å². The van der Waals surface area contributed by atoms with Gasteiger partial charge in [0.25, 0.3) is 0 Å². The number of anilines is 1. The van der Waals surface area contributed by atoms with E-state index in [2.05, 4.69) is 50.8 Å². The monoisotopic (exact) mass is 407 g/mol. The van der Waals surface area contributed by atoms with Crippen LogP contribution in [-0.2, 0) is 4.74 Å². The Hall–Kier alpha value is -1.11.